The second-order valence-corrected chi connectivity index (χ2v) is 7.72. The minimum absolute atomic E-state index is 0.0929. The highest BCUT2D eigenvalue weighted by Gasteiger charge is 2.25. The largest absolute Gasteiger partial charge is 0.356 e. The van der Waals surface area contributed by atoms with Crippen LogP contribution in [0.3, 0.4) is 0 Å². The fourth-order valence-electron chi connectivity index (χ4n) is 4.14. The Morgan fingerprint density at radius 1 is 1.21 bits per heavy atom. The van der Waals surface area contributed by atoms with Crippen LogP contribution in [0.2, 0.25) is 0 Å². The average molecular weight is 380 g/mol. The van der Waals surface area contributed by atoms with Crippen LogP contribution >= 0.6 is 0 Å². The number of hydrogen-bond donors (Lipinski definition) is 1. The second-order valence-electron chi connectivity index (χ2n) is 7.72. The number of aromatic nitrogens is 3. The SMILES string of the molecule is Cc1cc2nccc(C3CCC(CNC(=O)Cc4ccccc4F)CC3)n2n1. The molecule has 2 aromatic heterocycles. The van der Waals surface area contributed by atoms with E-state index in [4.69, 9.17) is 0 Å². The lowest BCUT2D eigenvalue weighted by Crippen LogP contribution is -2.32. The minimum atomic E-state index is -0.323. The van der Waals surface area contributed by atoms with Gasteiger partial charge in [0.25, 0.3) is 0 Å². The number of nitrogens with one attached hydrogen (secondary N) is 1. The van der Waals surface area contributed by atoms with Gasteiger partial charge in [0.15, 0.2) is 5.65 Å². The number of nitrogens with zero attached hydrogens (tertiary/aromatic N) is 3. The Labute approximate surface area is 164 Å². The van der Waals surface area contributed by atoms with Crippen molar-refractivity contribution in [1.82, 2.24) is 19.9 Å². The molecule has 4 rings (SSSR count). The van der Waals surface area contributed by atoms with Crippen molar-refractivity contribution in [1.29, 1.82) is 0 Å². The first-order chi connectivity index (χ1) is 13.6. The van der Waals surface area contributed by atoms with Crippen LogP contribution in [0.25, 0.3) is 5.65 Å². The van der Waals surface area contributed by atoms with E-state index < -0.39 is 0 Å². The molecule has 3 aromatic rings. The monoisotopic (exact) mass is 380 g/mol. The van der Waals surface area contributed by atoms with Crippen LogP contribution in [0.15, 0.2) is 42.6 Å². The molecule has 1 aliphatic rings. The van der Waals surface area contributed by atoms with Gasteiger partial charge in [-0.3, -0.25) is 4.79 Å². The van der Waals surface area contributed by atoms with E-state index in [0.29, 0.717) is 23.9 Å². The summed E-state index contributed by atoms with van der Waals surface area (Å²) in [7, 11) is 0. The quantitative estimate of drug-likeness (QED) is 0.732. The third-order valence-electron chi connectivity index (χ3n) is 5.67. The number of benzene rings is 1. The van der Waals surface area contributed by atoms with Crippen molar-refractivity contribution in [2.75, 3.05) is 6.54 Å². The van der Waals surface area contributed by atoms with Gasteiger partial charge < -0.3 is 5.32 Å². The van der Waals surface area contributed by atoms with Gasteiger partial charge in [-0.25, -0.2) is 13.9 Å². The maximum absolute atomic E-state index is 13.7. The first kappa shape index (κ1) is 18.6. The van der Waals surface area contributed by atoms with E-state index in [9.17, 15) is 9.18 Å². The van der Waals surface area contributed by atoms with Gasteiger partial charge in [-0.1, -0.05) is 18.2 Å². The van der Waals surface area contributed by atoms with Crippen molar-refractivity contribution < 1.29 is 9.18 Å². The molecule has 1 fully saturated rings. The third-order valence-corrected chi connectivity index (χ3v) is 5.67. The van der Waals surface area contributed by atoms with Gasteiger partial charge in [0.2, 0.25) is 5.91 Å². The second kappa shape index (κ2) is 8.09. The van der Waals surface area contributed by atoms with Crippen LogP contribution in [0.5, 0.6) is 0 Å². The normalized spacial score (nSPS) is 19.6. The molecule has 1 N–H and O–H groups in total. The fraction of sp³-hybridized carbons (Fsp3) is 0.409. The Bertz CT molecular complexity index is 976. The Hall–Kier alpha value is -2.76. The highest BCUT2D eigenvalue weighted by Crippen LogP contribution is 2.35. The van der Waals surface area contributed by atoms with Gasteiger partial charge in [0.1, 0.15) is 5.82 Å². The van der Waals surface area contributed by atoms with Crippen LogP contribution < -0.4 is 5.32 Å². The zero-order valence-corrected chi connectivity index (χ0v) is 16.1. The van der Waals surface area contributed by atoms with E-state index >= 15 is 0 Å². The standard InChI is InChI=1S/C22H25FN4O/c1-15-12-21-24-11-10-20(27(21)26-15)17-8-6-16(7-9-17)14-25-22(28)13-18-4-2-3-5-19(18)23/h2-5,10-12,16-17H,6-9,13-14H2,1H3,(H,25,28). The summed E-state index contributed by atoms with van der Waals surface area (Å²) >= 11 is 0. The van der Waals surface area contributed by atoms with Gasteiger partial charge in [-0.05, 0) is 56.2 Å². The lowest BCUT2D eigenvalue weighted by molar-refractivity contribution is -0.120. The fourth-order valence-corrected chi connectivity index (χ4v) is 4.14. The van der Waals surface area contributed by atoms with Gasteiger partial charge >= 0.3 is 0 Å². The molecule has 0 unspecified atom stereocenters. The molecule has 0 spiro atoms. The van der Waals surface area contributed by atoms with Gasteiger partial charge in [-0.2, -0.15) is 5.10 Å². The first-order valence-corrected chi connectivity index (χ1v) is 9.91. The van der Waals surface area contributed by atoms with Gasteiger partial charge in [0.05, 0.1) is 12.1 Å². The number of carbonyl (C=O) groups is 1. The van der Waals surface area contributed by atoms with Gasteiger partial charge in [0, 0.05) is 30.4 Å². The van der Waals surface area contributed by atoms with E-state index in [1.54, 1.807) is 18.2 Å². The number of fused-ring (bicyclic) bond motifs is 1. The Kier molecular flexibility index (Phi) is 5.37. The smallest absolute Gasteiger partial charge is 0.224 e. The summed E-state index contributed by atoms with van der Waals surface area (Å²) in [6, 6.07) is 10.5. The molecule has 28 heavy (non-hydrogen) atoms. The van der Waals surface area contributed by atoms with E-state index in [0.717, 1.165) is 37.0 Å². The van der Waals surface area contributed by atoms with E-state index in [1.165, 1.54) is 11.8 Å². The number of hydrogen-bond acceptors (Lipinski definition) is 3. The molecule has 1 aromatic carbocycles. The summed E-state index contributed by atoms with van der Waals surface area (Å²) < 4.78 is 15.6. The molecular weight excluding hydrogens is 355 g/mol. The summed E-state index contributed by atoms with van der Waals surface area (Å²) in [5.41, 5.74) is 3.55. The average Bonchev–Trinajstić information content (AvgIpc) is 3.09. The summed E-state index contributed by atoms with van der Waals surface area (Å²) in [4.78, 5) is 16.5. The summed E-state index contributed by atoms with van der Waals surface area (Å²) in [5, 5.41) is 7.56. The zero-order chi connectivity index (χ0) is 19.5. The van der Waals surface area contributed by atoms with E-state index in [1.807, 2.05) is 23.7 Å². The Morgan fingerprint density at radius 2 is 2.00 bits per heavy atom. The number of amides is 1. The molecule has 0 radical (unpaired) electrons. The predicted molar refractivity (Wildman–Crippen MR) is 106 cm³/mol. The van der Waals surface area contributed by atoms with Crippen molar-refractivity contribution in [3.63, 3.8) is 0 Å². The molecule has 6 heteroatoms. The van der Waals surface area contributed by atoms with Crippen molar-refractivity contribution in [2.45, 2.75) is 44.9 Å². The zero-order valence-electron chi connectivity index (χ0n) is 16.1. The maximum atomic E-state index is 13.7. The molecule has 5 nitrogen and oxygen atoms in total. The first-order valence-electron chi connectivity index (χ1n) is 9.91. The van der Waals surface area contributed by atoms with Crippen LogP contribution in [-0.4, -0.2) is 27.0 Å². The van der Waals surface area contributed by atoms with E-state index in [2.05, 4.69) is 21.5 Å². The van der Waals surface area contributed by atoms with Crippen molar-refractivity contribution in [3.8, 4) is 0 Å². The molecule has 2 heterocycles. The minimum Gasteiger partial charge on any atom is -0.356 e. The van der Waals surface area contributed by atoms with Crippen LogP contribution in [0.4, 0.5) is 4.39 Å². The van der Waals surface area contributed by atoms with Crippen molar-refractivity contribution >= 4 is 11.6 Å². The van der Waals surface area contributed by atoms with Crippen LogP contribution in [0.1, 0.15) is 48.6 Å². The molecule has 0 saturated heterocycles. The molecule has 0 atom stereocenters. The summed E-state index contributed by atoms with van der Waals surface area (Å²) in [5.74, 6) is 0.499. The van der Waals surface area contributed by atoms with E-state index in [-0.39, 0.29) is 18.1 Å². The maximum Gasteiger partial charge on any atom is 0.224 e. The molecule has 1 saturated carbocycles. The molecule has 146 valence electrons. The molecule has 1 aliphatic carbocycles. The lowest BCUT2D eigenvalue weighted by Gasteiger charge is -2.29. The molecular formula is C22H25FN4O. The third kappa shape index (κ3) is 4.06. The highest BCUT2D eigenvalue weighted by atomic mass is 19.1. The Morgan fingerprint density at radius 3 is 2.79 bits per heavy atom. The number of halogens is 1. The predicted octanol–water partition coefficient (Wildman–Crippen LogP) is 3.81. The van der Waals surface area contributed by atoms with Crippen molar-refractivity contribution in [2.24, 2.45) is 5.92 Å². The van der Waals surface area contributed by atoms with Gasteiger partial charge in [-0.15, -0.1) is 0 Å². The molecule has 1 amide bonds. The topological polar surface area (TPSA) is 59.3 Å². The number of aryl methyl sites for hydroxylation is 1. The summed E-state index contributed by atoms with van der Waals surface area (Å²) in [6.07, 6.45) is 6.23. The number of rotatable bonds is 5. The van der Waals surface area contributed by atoms with Crippen LogP contribution in [-0.2, 0) is 11.2 Å². The molecule has 0 bridgehead atoms. The summed E-state index contributed by atoms with van der Waals surface area (Å²) in [6.45, 7) is 2.64. The highest BCUT2D eigenvalue weighted by molar-refractivity contribution is 5.78. The van der Waals surface area contributed by atoms with Crippen molar-refractivity contribution in [3.05, 3.63) is 65.4 Å². The molecule has 0 aliphatic heterocycles. The number of carbonyl (C=O) groups excluding carboxylic acids is 1. The van der Waals surface area contributed by atoms with Crippen LogP contribution in [0, 0.1) is 18.7 Å². The lowest BCUT2D eigenvalue weighted by atomic mass is 9.80. The Balaban J connectivity index is 1.29.